The van der Waals surface area contributed by atoms with Crippen molar-refractivity contribution >= 4 is 8.25 Å². The quantitative estimate of drug-likeness (QED) is 0.224. The summed E-state index contributed by atoms with van der Waals surface area (Å²) in [5, 5.41) is 0. The van der Waals surface area contributed by atoms with Gasteiger partial charge in [-0.05, 0) is 6.42 Å². The van der Waals surface area contributed by atoms with E-state index in [9.17, 15) is 0 Å². The monoisotopic (exact) mass is 269 g/mol. The van der Waals surface area contributed by atoms with Crippen molar-refractivity contribution in [3.05, 3.63) is 26.3 Å². The summed E-state index contributed by atoms with van der Waals surface area (Å²) in [7, 11) is -3.37. The van der Waals surface area contributed by atoms with Crippen LogP contribution in [-0.2, 0) is 4.57 Å². The van der Waals surface area contributed by atoms with Crippen LogP contribution in [0.3, 0.4) is 0 Å². The standard InChI is InChI=1S/C4H12N2.2C2H4.2Na.HO3P/c1-2-3-4(5)6;2*1-2;;;1-4(2)3/h4H,2-3,5-6H2,1H3;2*1-2H2;;;(H,1,2,3)/q;;;2*+1;/p-1. The molecular formula is C8H20N2Na2O3P+. The van der Waals surface area contributed by atoms with Gasteiger partial charge in [0.05, 0.1) is 6.17 Å². The Hall–Kier alpha value is 1.42. The van der Waals surface area contributed by atoms with Crippen LogP contribution in [0, 0.1) is 0 Å². The van der Waals surface area contributed by atoms with E-state index in [4.69, 9.17) is 25.8 Å². The maximum atomic E-state index is 8.48. The summed E-state index contributed by atoms with van der Waals surface area (Å²) < 4.78 is 8.48. The van der Waals surface area contributed by atoms with Crippen LogP contribution in [0.25, 0.3) is 0 Å². The van der Waals surface area contributed by atoms with E-state index >= 15 is 0 Å². The van der Waals surface area contributed by atoms with Crippen LogP contribution < -0.4 is 80.4 Å². The summed E-state index contributed by atoms with van der Waals surface area (Å²) in [5.74, 6) is 0. The van der Waals surface area contributed by atoms with E-state index in [1.54, 1.807) is 0 Å². The van der Waals surface area contributed by atoms with Crippen molar-refractivity contribution in [1.29, 1.82) is 0 Å². The first-order valence-corrected chi connectivity index (χ1v) is 4.93. The maximum Gasteiger partial charge on any atom is 1.00 e. The molecule has 0 aliphatic rings. The third kappa shape index (κ3) is 164. The number of rotatable bonds is 2. The molecule has 0 heterocycles. The molecule has 0 saturated heterocycles. The number of nitrogens with two attached hydrogens (primary N) is 2. The molecule has 86 valence electrons. The topological polar surface area (TPSA) is 115 Å². The molecule has 0 aromatic heterocycles. The first-order valence-electron chi connectivity index (χ1n) is 3.83. The van der Waals surface area contributed by atoms with Gasteiger partial charge in [0.15, 0.2) is 0 Å². The van der Waals surface area contributed by atoms with Crippen molar-refractivity contribution in [3.8, 4) is 0 Å². The van der Waals surface area contributed by atoms with Gasteiger partial charge in [0.1, 0.15) is 0 Å². The minimum Gasteiger partial charge on any atom is -0.598 e. The number of hydrogen-bond donors (Lipinski definition) is 2. The van der Waals surface area contributed by atoms with E-state index in [1.165, 1.54) is 0 Å². The van der Waals surface area contributed by atoms with E-state index in [-0.39, 0.29) is 65.3 Å². The van der Waals surface area contributed by atoms with Crippen LogP contribution in [0.5, 0.6) is 0 Å². The van der Waals surface area contributed by atoms with Crippen LogP contribution in [0.1, 0.15) is 19.8 Å². The summed E-state index contributed by atoms with van der Waals surface area (Å²) in [6.45, 7) is 14.1. The van der Waals surface area contributed by atoms with Crippen molar-refractivity contribution in [2.45, 2.75) is 25.9 Å². The molecule has 0 rings (SSSR count). The second kappa shape index (κ2) is 44.0. The molecule has 0 spiro atoms. The third-order valence-electron chi connectivity index (χ3n) is 0.622. The summed E-state index contributed by atoms with van der Waals surface area (Å²) in [5.41, 5.74) is 10.4. The minimum atomic E-state index is -3.37. The Morgan fingerprint density at radius 2 is 1.31 bits per heavy atom. The van der Waals surface area contributed by atoms with Crippen LogP contribution in [0.4, 0.5) is 0 Å². The zero-order valence-corrected chi connectivity index (χ0v) is 15.5. The Balaban J connectivity index is -0.0000000223. The summed E-state index contributed by atoms with van der Waals surface area (Å²) >= 11 is 0. The van der Waals surface area contributed by atoms with E-state index in [0.717, 1.165) is 12.8 Å². The molecule has 0 aliphatic carbocycles. The van der Waals surface area contributed by atoms with Gasteiger partial charge in [-0.2, -0.15) is 0 Å². The van der Waals surface area contributed by atoms with Gasteiger partial charge in [0.25, 0.3) is 8.25 Å². The molecule has 0 amide bonds. The third-order valence-corrected chi connectivity index (χ3v) is 0.622. The van der Waals surface area contributed by atoms with Gasteiger partial charge in [-0.1, -0.05) is 17.9 Å². The molecule has 0 fully saturated rings. The summed E-state index contributed by atoms with van der Waals surface area (Å²) in [4.78, 5) is 17.0. The first-order chi connectivity index (χ1) is 6.50. The zero-order valence-electron chi connectivity index (χ0n) is 10.6. The molecule has 0 saturated carbocycles. The SMILES string of the molecule is C=C.C=C.CCCC(N)N.O=[P+]([O-])[O-].[Na+].[Na+]. The molecule has 0 aromatic rings. The summed E-state index contributed by atoms with van der Waals surface area (Å²) in [6.07, 6.45) is 1.91. The fraction of sp³-hybridized carbons (Fsp3) is 0.500. The van der Waals surface area contributed by atoms with Gasteiger partial charge >= 0.3 is 59.1 Å². The van der Waals surface area contributed by atoms with Crippen molar-refractivity contribution in [3.63, 3.8) is 0 Å². The molecular weight excluding hydrogens is 249 g/mol. The largest absolute Gasteiger partial charge is 1.00 e. The molecule has 16 heavy (non-hydrogen) atoms. The molecule has 4 N–H and O–H groups in total. The molecule has 0 aliphatic heterocycles. The maximum absolute atomic E-state index is 8.48. The van der Waals surface area contributed by atoms with Gasteiger partial charge in [-0.3, -0.25) is 0 Å². The smallest absolute Gasteiger partial charge is 0.598 e. The van der Waals surface area contributed by atoms with E-state index < -0.39 is 8.25 Å². The van der Waals surface area contributed by atoms with Crippen LogP contribution in [0.2, 0.25) is 0 Å². The van der Waals surface area contributed by atoms with Gasteiger partial charge < -0.3 is 21.3 Å². The van der Waals surface area contributed by atoms with Crippen LogP contribution in [-0.4, -0.2) is 6.17 Å². The second-order valence-corrected chi connectivity index (χ2v) is 2.12. The zero-order chi connectivity index (χ0) is 12.6. The summed E-state index contributed by atoms with van der Waals surface area (Å²) in [6, 6.07) is 0. The predicted molar refractivity (Wildman–Crippen MR) is 57.2 cm³/mol. The van der Waals surface area contributed by atoms with E-state index in [0.29, 0.717) is 0 Å². The van der Waals surface area contributed by atoms with Crippen molar-refractivity contribution in [1.82, 2.24) is 0 Å². The van der Waals surface area contributed by atoms with Gasteiger partial charge in [0, 0.05) is 0 Å². The molecule has 0 atom stereocenters. The normalized spacial score (nSPS) is 5.88. The molecule has 0 unspecified atom stereocenters. The van der Waals surface area contributed by atoms with Crippen molar-refractivity contribution in [2.24, 2.45) is 11.5 Å². The van der Waals surface area contributed by atoms with Crippen LogP contribution in [0.15, 0.2) is 26.3 Å². The Kier molecular flexibility index (Phi) is 99.0. The van der Waals surface area contributed by atoms with Crippen molar-refractivity contribution < 1.29 is 73.5 Å². The molecule has 0 bridgehead atoms. The van der Waals surface area contributed by atoms with Crippen LogP contribution >= 0.6 is 8.25 Å². The average Bonchev–Trinajstić information content (AvgIpc) is 2.10. The minimum absolute atomic E-state index is 0. The van der Waals surface area contributed by atoms with Crippen molar-refractivity contribution in [2.75, 3.05) is 0 Å². The fourth-order valence-corrected chi connectivity index (χ4v) is 0.333. The Morgan fingerprint density at radius 1 is 1.12 bits per heavy atom. The molecule has 0 aromatic carbocycles. The number of hydrogen-bond acceptors (Lipinski definition) is 5. The second-order valence-electron chi connectivity index (χ2n) is 1.68. The van der Waals surface area contributed by atoms with E-state index in [1.807, 2.05) is 0 Å². The fourth-order valence-electron chi connectivity index (χ4n) is 0.333. The average molecular weight is 269 g/mol. The van der Waals surface area contributed by atoms with Gasteiger partial charge in [-0.15, -0.1) is 26.3 Å². The van der Waals surface area contributed by atoms with Gasteiger partial charge in [0.2, 0.25) is 0 Å². The first kappa shape index (κ1) is 36.0. The molecule has 8 heteroatoms. The molecule has 5 nitrogen and oxygen atoms in total. The Labute approximate surface area is 144 Å². The van der Waals surface area contributed by atoms with E-state index in [2.05, 4.69) is 33.2 Å². The Morgan fingerprint density at radius 3 is 1.31 bits per heavy atom. The van der Waals surface area contributed by atoms with Gasteiger partial charge in [-0.25, -0.2) is 0 Å². The molecule has 0 radical (unpaired) electrons. The predicted octanol–water partition coefficient (Wildman–Crippen LogP) is -5.99. The Bertz CT molecular complexity index is 115.